The molecule has 1 N–H and O–H groups in total. The zero-order chi connectivity index (χ0) is 23.1. The van der Waals surface area contributed by atoms with Gasteiger partial charge in [0.15, 0.2) is 0 Å². The first-order valence-corrected chi connectivity index (χ1v) is 9.55. The number of hydrogen-bond acceptors (Lipinski definition) is 4. The second-order valence-electron chi connectivity index (χ2n) is 7.24. The highest BCUT2D eigenvalue weighted by atomic mass is 19.1. The summed E-state index contributed by atoms with van der Waals surface area (Å²) in [6, 6.07) is 21.7. The number of hydrogen-bond donors (Lipinski definition) is 1. The lowest BCUT2D eigenvalue weighted by atomic mass is 9.76. The monoisotopic (exact) mass is 426 g/mol. The maximum Gasteiger partial charge on any atom is 0.245 e. The van der Waals surface area contributed by atoms with Crippen molar-refractivity contribution in [3.63, 3.8) is 0 Å². The second kappa shape index (κ2) is 9.51. The fraction of sp³-hybridized carbons (Fsp3) is 0.120. The highest BCUT2D eigenvalue weighted by Crippen LogP contribution is 2.30. The fourth-order valence-corrected chi connectivity index (χ4v) is 3.28. The Morgan fingerprint density at radius 2 is 1.31 bits per heavy atom. The molecule has 0 spiro atoms. The molecule has 0 fully saturated rings. The van der Waals surface area contributed by atoms with Gasteiger partial charge < -0.3 is 5.32 Å². The highest BCUT2D eigenvalue weighted by Gasteiger charge is 2.39. The van der Waals surface area contributed by atoms with E-state index in [-0.39, 0.29) is 18.5 Å². The van der Waals surface area contributed by atoms with E-state index < -0.39 is 23.0 Å². The minimum atomic E-state index is -1.64. The molecule has 156 valence electrons. The van der Waals surface area contributed by atoms with E-state index in [0.717, 1.165) is 12.1 Å². The number of halogens is 2. The maximum absolute atomic E-state index is 14.1. The number of anilines is 1. The van der Waals surface area contributed by atoms with Crippen LogP contribution < -0.4 is 5.32 Å². The van der Waals surface area contributed by atoms with E-state index >= 15 is 0 Å². The lowest BCUT2D eigenvalue weighted by Gasteiger charge is -2.26. The lowest BCUT2D eigenvalue weighted by molar-refractivity contribution is -0.122. The largest absolute Gasteiger partial charge is 0.322 e. The topological polar surface area (TPSA) is 100 Å². The average molecular weight is 426 g/mol. The van der Waals surface area contributed by atoms with E-state index in [0.29, 0.717) is 28.3 Å². The van der Waals surface area contributed by atoms with Crippen molar-refractivity contribution in [3.05, 3.63) is 101 Å². The number of nitrogens with one attached hydrogen (secondary N) is 1. The lowest BCUT2D eigenvalue weighted by Crippen LogP contribution is -2.39. The fourth-order valence-electron chi connectivity index (χ4n) is 3.28. The van der Waals surface area contributed by atoms with Gasteiger partial charge in [0.25, 0.3) is 0 Å². The SMILES string of the molecule is N#Cc1ccc(CC(C#N)(Cc2ccc(C#N)cc2)C(=O)Nc2ccc(F)cc2F)cc1. The molecular formula is C25H16F2N4O. The van der Waals surface area contributed by atoms with Crippen LogP contribution in [0.3, 0.4) is 0 Å². The number of nitriles is 3. The van der Waals surface area contributed by atoms with Crippen molar-refractivity contribution in [1.82, 2.24) is 0 Å². The van der Waals surface area contributed by atoms with Crippen molar-refractivity contribution >= 4 is 11.6 Å². The van der Waals surface area contributed by atoms with Gasteiger partial charge in [0.2, 0.25) is 5.91 Å². The van der Waals surface area contributed by atoms with Crippen LogP contribution in [-0.4, -0.2) is 5.91 Å². The van der Waals surface area contributed by atoms with Crippen molar-refractivity contribution in [2.75, 3.05) is 5.32 Å². The van der Waals surface area contributed by atoms with Crippen LogP contribution in [0.15, 0.2) is 66.7 Å². The molecule has 0 unspecified atom stereocenters. The van der Waals surface area contributed by atoms with Crippen LogP contribution in [0, 0.1) is 51.0 Å². The molecule has 0 saturated carbocycles. The van der Waals surface area contributed by atoms with Crippen molar-refractivity contribution < 1.29 is 13.6 Å². The summed E-state index contributed by atoms with van der Waals surface area (Å²) in [5.74, 6) is -2.50. The van der Waals surface area contributed by atoms with Crippen molar-refractivity contribution in [2.45, 2.75) is 12.8 Å². The van der Waals surface area contributed by atoms with Crippen LogP contribution in [0.1, 0.15) is 22.3 Å². The van der Waals surface area contributed by atoms with Crippen molar-refractivity contribution in [3.8, 4) is 18.2 Å². The van der Waals surface area contributed by atoms with Crippen LogP contribution in [0.2, 0.25) is 0 Å². The smallest absolute Gasteiger partial charge is 0.245 e. The molecule has 7 heteroatoms. The Bertz CT molecular complexity index is 1200. The van der Waals surface area contributed by atoms with Gasteiger partial charge in [-0.2, -0.15) is 15.8 Å². The molecule has 0 aliphatic carbocycles. The van der Waals surface area contributed by atoms with E-state index in [9.17, 15) is 18.8 Å². The summed E-state index contributed by atoms with van der Waals surface area (Å²) in [4.78, 5) is 13.3. The predicted molar refractivity (Wildman–Crippen MR) is 113 cm³/mol. The Kier molecular flexibility index (Phi) is 6.59. The summed E-state index contributed by atoms with van der Waals surface area (Å²) in [5.41, 5.74) is 0.254. The number of nitrogens with zero attached hydrogens (tertiary/aromatic N) is 3. The highest BCUT2D eigenvalue weighted by molar-refractivity contribution is 5.97. The quantitative estimate of drug-likeness (QED) is 0.620. The third kappa shape index (κ3) is 4.95. The van der Waals surface area contributed by atoms with Gasteiger partial charge >= 0.3 is 0 Å². The van der Waals surface area contributed by atoms with Gasteiger partial charge in [-0.05, 0) is 47.5 Å². The molecule has 0 aliphatic rings. The first-order chi connectivity index (χ1) is 15.4. The van der Waals surface area contributed by atoms with E-state index in [1.165, 1.54) is 0 Å². The third-order valence-corrected chi connectivity index (χ3v) is 5.01. The Morgan fingerprint density at radius 3 is 1.72 bits per heavy atom. The Morgan fingerprint density at radius 1 is 0.812 bits per heavy atom. The molecule has 3 aromatic carbocycles. The summed E-state index contributed by atoms with van der Waals surface area (Å²) in [6.45, 7) is 0. The first-order valence-electron chi connectivity index (χ1n) is 9.55. The minimum absolute atomic E-state index is 0.0101. The number of rotatable bonds is 6. The molecule has 0 radical (unpaired) electrons. The van der Waals surface area contributed by atoms with Gasteiger partial charge in [-0.3, -0.25) is 4.79 Å². The Labute approximate surface area is 183 Å². The molecule has 32 heavy (non-hydrogen) atoms. The molecule has 0 aromatic heterocycles. The zero-order valence-corrected chi connectivity index (χ0v) is 16.8. The van der Waals surface area contributed by atoms with E-state index in [1.807, 2.05) is 12.1 Å². The summed E-state index contributed by atoms with van der Waals surface area (Å²) >= 11 is 0. The summed E-state index contributed by atoms with van der Waals surface area (Å²) in [6.07, 6.45) is -0.0201. The number of benzene rings is 3. The standard InChI is InChI=1S/C25H16F2N4O/c26-21-9-10-23(22(27)11-21)31-24(32)25(16-30,12-17-1-5-19(14-28)6-2-17)13-18-3-7-20(15-29)8-4-18/h1-11H,12-13H2,(H,31,32). The van der Waals surface area contributed by atoms with E-state index in [1.54, 1.807) is 48.5 Å². The normalized spacial score (nSPS) is 10.5. The van der Waals surface area contributed by atoms with Crippen LogP contribution in [-0.2, 0) is 17.6 Å². The van der Waals surface area contributed by atoms with Crippen LogP contribution >= 0.6 is 0 Å². The first kappa shape index (κ1) is 22.2. The molecular weight excluding hydrogens is 410 g/mol. The second-order valence-corrected chi connectivity index (χ2v) is 7.24. The third-order valence-electron chi connectivity index (χ3n) is 5.01. The predicted octanol–water partition coefficient (Wildman–Crippen LogP) is 4.64. The molecule has 0 heterocycles. The molecule has 0 aliphatic heterocycles. The van der Waals surface area contributed by atoms with E-state index in [4.69, 9.17) is 10.5 Å². The van der Waals surface area contributed by atoms with Gasteiger partial charge in [-0.15, -0.1) is 0 Å². The van der Waals surface area contributed by atoms with Gasteiger partial charge in [0.1, 0.15) is 17.0 Å². The Hall–Kier alpha value is -4.54. The minimum Gasteiger partial charge on any atom is -0.322 e. The van der Waals surface area contributed by atoms with Crippen molar-refractivity contribution in [1.29, 1.82) is 15.8 Å². The number of amides is 1. The summed E-state index contributed by atoms with van der Waals surface area (Å²) < 4.78 is 27.4. The molecule has 0 bridgehead atoms. The molecule has 0 saturated heterocycles. The number of carbonyl (C=O) groups excluding carboxylic acids is 1. The zero-order valence-electron chi connectivity index (χ0n) is 16.8. The van der Waals surface area contributed by atoms with Crippen LogP contribution in [0.25, 0.3) is 0 Å². The molecule has 3 aromatic rings. The average Bonchev–Trinajstić information content (AvgIpc) is 2.81. The maximum atomic E-state index is 14.1. The molecule has 0 atom stereocenters. The van der Waals surface area contributed by atoms with E-state index in [2.05, 4.69) is 11.4 Å². The summed E-state index contributed by atoms with van der Waals surface area (Å²) in [7, 11) is 0. The van der Waals surface area contributed by atoms with Gasteiger partial charge in [0.05, 0.1) is 35.0 Å². The number of carbonyl (C=O) groups is 1. The van der Waals surface area contributed by atoms with Gasteiger partial charge in [0, 0.05) is 18.9 Å². The van der Waals surface area contributed by atoms with Crippen LogP contribution in [0.5, 0.6) is 0 Å². The Balaban J connectivity index is 1.98. The van der Waals surface area contributed by atoms with Crippen LogP contribution in [0.4, 0.5) is 14.5 Å². The van der Waals surface area contributed by atoms with Crippen molar-refractivity contribution in [2.24, 2.45) is 5.41 Å². The molecule has 3 rings (SSSR count). The molecule has 5 nitrogen and oxygen atoms in total. The van der Waals surface area contributed by atoms with Gasteiger partial charge in [-0.1, -0.05) is 24.3 Å². The molecule has 1 amide bonds. The van der Waals surface area contributed by atoms with Gasteiger partial charge in [-0.25, -0.2) is 8.78 Å². The summed E-state index contributed by atoms with van der Waals surface area (Å²) in [5, 5.41) is 30.5.